The lowest BCUT2D eigenvalue weighted by atomic mass is 9.90. The third-order valence-electron chi connectivity index (χ3n) is 4.76. The molecule has 2 N–H and O–H groups in total. The van der Waals surface area contributed by atoms with Gasteiger partial charge in [0.05, 0.1) is 0 Å². The molecule has 0 bridgehead atoms. The van der Waals surface area contributed by atoms with Crippen molar-refractivity contribution in [3.05, 3.63) is 35.4 Å². The number of nitrogens with two attached hydrogens (primary N) is 1. The fourth-order valence-corrected chi connectivity index (χ4v) is 4.92. The minimum atomic E-state index is -3.37. The summed E-state index contributed by atoms with van der Waals surface area (Å²) in [6.07, 6.45) is 1.63. The summed E-state index contributed by atoms with van der Waals surface area (Å²) in [4.78, 5) is 0. The van der Waals surface area contributed by atoms with E-state index in [4.69, 9.17) is 5.73 Å². The molecular weight excluding hydrogens is 286 g/mol. The highest BCUT2D eigenvalue weighted by atomic mass is 32.2. The zero-order chi connectivity index (χ0) is 15.1. The van der Waals surface area contributed by atoms with Crippen LogP contribution in [0.4, 0.5) is 0 Å². The number of rotatable bonds is 3. The molecule has 1 aromatic rings. The Morgan fingerprint density at radius 1 is 1.19 bits per heavy atom. The normalized spacial score (nSPS) is 27.7. The molecule has 2 aliphatic rings. The fraction of sp³-hybridized carbons (Fsp3) is 0.600. The Kier molecular flexibility index (Phi) is 3.81. The van der Waals surface area contributed by atoms with Gasteiger partial charge < -0.3 is 5.73 Å². The van der Waals surface area contributed by atoms with E-state index in [2.05, 4.69) is 13.0 Å². The lowest BCUT2D eigenvalue weighted by molar-refractivity contribution is 0.317. The van der Waals surface area contributed by atoms with Gasteiger partial charge in [-0.15, -0.1) is 0 Å². The average Bonchev–Trinajstić information content (AvgIpc) is 2.91. The summed E-state index contributed by atoms with van der Waals surface area (Å²) in [7, 11) is -3.37. The van der Waals surface area contributed by atoms with Crippen LogP contribution in [0, 0.1) is 5.41 Å². The van der Waals surface area contributed by atoms with Crippen LogP contribution in [0.15, 0.2) is 24.3 Å². The van der Waals surface area contributed by atoms with Crippen LogP contribution in [0.1, 0.15) is 24.5 Å². The first-order valence-electron chi connectivity index (χ1n) is 7.47. The van der Waals surface area contributed by atoms with Gasteiger partial charge >= 0.3 is 0 Å². The summed E-state index contributed by atoms with van der Waals surface area (Å²) in [5.41, 5.74) is 8.08. The Labute approximate surface area is 126 Å². The standard InChI is InChI=1S/C15H23N3O2S/c1-15(11-16)7-9-18(12-15)21(19,20)17-8-6-13-4-2-3-5-14(13)10-17/h2-5H,6-12,16H2,1H3. The predicted octanol–water partition coefficient (Wildman–Crippen LogP) is 0.960. The predicted molar refractivity (Wildman–Crippen MR) is 82.8 cm³/mol. The van der Waals surface area contributed by atoms with Gasteiger partial charge in [0.2, 0.25) is 0 Å². The Balaban J connectivity index is 1.78. The van der Waals surface area contributed by atoms with Crippen LogP contribution in [0.25, 0.3) is 0 Å². The second-order valence-corrected chi connectivity index (χ2v) is 8.39. The molecule has 21 heavy (non-hydrogen) atoms. The van der Waals surface area contributed by atoms with Crippen LogP contribution in [0.2, 0.25) is 0 Å². The summed E-state index contributed by atoms with van der Waals surface area (Å²) in [6.45, 7) is 4.75. The van der Waals surface area contributed by atoms with E-state index in [1.165, 1.54) is 5.56 Å². The summed E-state index contributed by atoms with van der Waals surface area (Å²) in [5, 5.41) is 0. The third-order valence-corrected chi connectivity index (χ3v) is 6.69. The van der Waals surface area contributed by atoms with E-state index < -0.39 is 10.2 Å². The Morgan fingerprint density at radius 3 is 2.57 bits per heavy atom. The van der Waals surface area contributed by atoms with E-state index in [9.17, 15) is 8.42 Å². The van der Waals surface area contributed by atoms with Crippen molar-refractivity contribution in [3.63, 3.8) is 0 Å². The molecule has 0 spiro atoms. The Bertz CT molecular complexity index is 632. The maximum absolute atomic E-state index is 12.8. The molecule has 6 heteroatoms. The molecule has 0 saturated carbocycles. The van der Waals surface area contributed by atoms with Crippen LogP contribution < -0.4 is 5.73 Å². The van der Waals surface area contributed by atoms with Crippen molar-refractivity contribution in [3.8, 4) is 0 Å². The number of nitrogens with zero attached hydrogens (tertiary/aromatic N) is 2. The number of hydrogen-bond acceptors (Lipinski definition) is 3. The molecule has 1 atom stereocenters. The smallest absolute Gasteiger partial charge is 0.282 e. The number of fused-ring (bicyclic) bond motifs is 1. The molecule has 0 radical (unpaired) electrons. The highest BCUT2D eigenvalue weighted by Crippen LogP contribution is 2.32. The maximum atomic E-state index is 12.8. The van der Waals surface area contributed by atoms with Crippen molar-refractivity contribution in [2.45, 2.75) is 26.3 Å². The second-order valence-electron chi connectivity index (χ2n) is 6.46. The van der Waals surface area contributed by atoms with E-state index in [-0.39, 0.29) is 5.41 Å². The Hall–Kier alpha value is -0.950. The number of benzene rings is 1. The summed E-state index contributed by atoms with van der Waals surface area (Å²) >= 11 is 0. The SMILES string of the molecule is CC1(CN)CCN(S(=O)(=O)N2CCc3ccccc3C2)C1. The molecule has 3 rings (SSSR count). The van der Waals surface area contributed by atoms with Crippen LogP contribution >= 0.6 is 0 Å². The van der Waals surface area contributed by atoms with Crippen LogP contribution in [0.3, 0.4) is 0 Å². The molecule has 2 heterocycles. The molecule has 0 aliphatic carbocycles. The molecular formula is C15H23N3O2S. The van der Waals surface area contributed by atoms with Crippen molar-refractivity contribution in [1.82, 2.24) is 8.61 Å². The van der Waals surface area contributed by atoms with Gasteiger partial charge in [0.25, 0.3) is 10.2 Å². The van der Waals surface area contributed by atoms with E-state index >= 15 is 0 Å². The van der Waals surface area contributed by atoms with Crippen LogP contribution in [-0.4, -0.2) is 43.2 Å². The molecule has 1 fully saturated rings. The zero-order valence-electron chi connectivity index (χ0n) is 12.5. The molecule has 1 unspecified atom stereocenters. The van der Waals surface area contributed by atoms with E-state index in [0.717, 1.165) is 18.4 Å². The molecule has 2 aliphatic heterocycles. The van der Waals surface area contributed by atoms with Crippen molar-refractivity contribution in [1.29, 1.82) is 0 Å². The molecule has 5 nitrogen and oxygen atoms in total. The first-order chi connectivity index (χ1) is 9.94. The monoisotopic (exact) mass is 309 g/mol. The molecule has 1 saturated heterocycles. The van der Waals surface area contributed by atoms with Gasteiger partial charge in [-0.2, -0.15) is 17.0 Å². The minimum Gasteiger partial charge on any atom is -0.330 e. The zero-order valence-corrected chi connectivity index (χ0v) is 13.3. The van der Waals surface area contributed by atoms with Crippen molar-refractivity contribution in [2.75, 3.05) is 26.2 Å². The summed E-state index contributed by atoms with van der Waals surface area (Å²) in [6, 6.07) is 8.08. The third kappa shape index (κ3) is 2.73. The molecule has 1 aromatic carbocycles. The van der Waals surface area contributed by atoms with Crippen LogP contribution in [-0.2, 0) is 23.2 Å². The average molecular weight is 309 g/mol. The molecule has 116 valence electrons. The molecule has 0 aromatic heterocycles. The summed E-state index contributed by atoms with van der Waals surface area (Å²) < 4.78 is 28.8. The van der Waals surface area contributed by atoms with Gasteiger partial charge in [0, 0.05) is 26.2 Å². The minimum absolute atomic E-state index is 0.0826. The van der Waals surface area contributed by atoms with E-state index in [1.807, 2.05) is 18.2 Å². The highest BCUT2D eigenvalue weighted by molar-refractivity contribution is 7.86. The first-order valence-corrected chi connectivity index (χ1v) is 8.86. The van der Waals surface area contributed by atoms with Gasteiger partial charge in [-0.3, -0.25) is 0 Å². The highest BCUT2D eigenvalue weighted by Gasteiger charge is 2.41. The van der Waals surface area contributed by atoms with Crippen molar-refractivity contribution >= 4 is 10.2 Å². The molecule has 0 amide bonds. The van der Waals surface area contributed by atoms with Crippen LogP contribution in [0.5, 0.6) is 0 Å². The number of hydrogen-bond donors (Lipinski definition) is 1. The second kappa shape index (κ2) is 5.35. The van der Waals surface area contributed by atoms with Gasteiger partial charge in [0.1, 0.15) is 0 Å². The van der Waals surface area contributed by atoms with Gasteiger partial charge in [0.15, 0.2) is 0 Å². The Morgan fingerprint density at radius 2 is 1.90 bits per heavy atom. The maximum Gasteiger partial charge on any atom is 0.282 e. The lowest BCUT2D eigenvalue weighted by Gasteiger charge is -2.32. The van der Waals surface area contributed by atoms with E-state index in [0.29, 0.717) is 32.7 Å². The quantitative estimate of drug-likeness (QED) is 0.904. The summed E-state index contributed by atoms with van der Waals surface area (Å²) in [5.74, 6) is 0. The topological polar surface area (TPSA) is 66.6 Å². The van der Waals surface area contributed by atoms with Gasteiger partial charge in [-0.1, -0.05) is 31.2 Å². The lowest BCUT2D eigenvalue weighted by Crippen LogP contribution is -2.46. The van der Waals surface area contributed by atoms with E-state index in [1.54, 1.807) is 8.61 Å². The van der Waals surface area contributed by atoms with Gasteiger partial charge in [-0.25, -0.2) is 0 Å². The fourth-order valence-electron chi connectivity index (χ4n) is 3.17. The van der Waals surface area contributed by atoms with Gasteiger partial charge in [-0.05, 0) is 35.9 Å². The van der Waals surface area contributed by atoms with Crippen molar-refractivity contribution < 1.29 is 8.42 Å². The first kappa shape index (κ1) is 15.0. The van der Waals surface area contributed by atoms with Crippen molar-refractivity contribution in [2.24, 2.45) is 11.1 Å². The largest absolute Gasteiger partial charge is 0.330 e.